The fourth-order valence-electron chi connectivity index (χ4n) is 1.80. The number of rotatable bonds is 0. The first-order valence-electron chi connectivity index (χ1n) is 4.82. The van der Waals surface area contributed by atoms with Crippen molar-refractivity contribution in [2.75, 3.05) is 0 Å². The molecule has 0 N–H and O–H groups in total. The summed E-state index contributed by atoms with van der Waals surface area (Å²) >= 11 is 0. The highest BCUT2D eigenvalue weighted by molar-refractivity contribution is 5.83. The van der Waals surface area contributed by atoms with Crippen LogP contribution in [0.3, 0.4) is 0 Å². The van der Waals surface area contributed by atoms with Gasteiger partial charge in [-0.25, -0.2) is 4.98 Å². The van der Waals surface area contributed by atoms with Crippen LogP contribution in [0.25, 0.3) is 16.6 Å². The third-order valence-corrected chi connectivity index (χ3v) is 2.55. The molecular formula is C11H7N5. The monoisotopic (exact) mass is 209 g/mol. The standard InChI is InChI=1S/C11H7N5/c1-7-8-4-2-3-5-10(8)16-11(13-7)9(6-12)14-15-16/h2-5H,1H3. The highest BCUT2D eigenvalue weighted by Gasteiger charge is 2.11. The van der Waals surface area contributed by atoms with E-state index in [2.05, 4.69) is 15.3 Å². The summed E-state index contributed by atoms with van der Waals surface area (Å²) < 4.78 is 1.60. The molecule has 0 amide bonds. The minimum absolute atomic E-state index is 0.258. The lowest BCUT2D eigenvalue weighted by Crippen LogP contribution is -1.96. The minimum atomic E-state index is 0.258. The van der Waals surface area contributed by atoms with Crippen molar-refractivity contribution in [1.82, 2.24) is 19.8 Å². The first-order valence-corrected chi connectivity index (χ1v) is 4.82. The Hall–Kier alpha value is -2.48. The zero-order chi connectivity index (χ0) is 11.1. The third kappa shape index (κ3) is 1.01. The Kier molecular flexibility index (Phi) is 1.65. The molecule has 1 aromatic carbocycles. The van der Waals surface area contributed by atoms with Gasteiger partial charge in [0, 0.05) is 11.1 Å². The number of fused-ring (bicyclic) bond motifs is 3. The predicted octanol–water partition coefficient (Wildman–Crippen LogP) is 1.46. The van der Waals surface area contributed by atoms with Gasteiger partial charge in [-0.3, -0.25) is 0 Å². The maximum Gasteiger partial charge on any atom is 0.209 e. The summed E-state index contributed by atoms with van der Waals surface area (Å²) in [5.41, 5.74) is 2.56. The highest BCUT2D eigenvalue weighted by Crippen LogP contribution is 2.18. The van der Waals surface area contributed by atoms with Crippen LogP contribution in [-0.4, -0.2) is 19.8 Å². The molecule has 0 aliphatic rings. The van der Waals surface area contributed by atoms with Gasteiger partial charge in [0.1, 0.15) is 6.07 Å². The number of hydrogen-bond donors (Lipinski definition) is 0. The molecule has 0 fully saturated rings. The molecule has 0 unspecified atom stereocenters. The average Bonchev–Trinajstić information content (AvgIpc) is 2.72. The normalized spacial score (nSPS) is 10.8. The molecule has 2 heterocycles. The van der Waals surface area contributed by atoms with Crippen molar-refractivity contribution in [1.29, 1.82) is 5.26 Å². The van der Waals surface area contributed by atoms with Crippen molar-refractivity contribution < 1.29 is 0 Å². The number of aromatic nitrogens is 4. The van der Waals surface area contributed by atoms with Crippen molar-refractivity contribution in [3.8, 4) is 6.07 Å². The highest BCUT2D eigenvalue weighted by atomic mass is 15.4. The molecule has 0 aliphatic carbocycles. The first kappa shape index (κ1) is 8.80. The summed E-state index contributed by atoms with van der Waals surface area (Å²) in [7, 11) is 0. The maximum atomic E-state index is 8.88. The molecule has 3 aromatic rings. The van der Waals surface area contributed by atoms with Crippen LogP contribution in [0.1, 0.15) is 11.4 Å². The number of hydrogen-bond acceptors (Lipinski definition) is 4. The second kappa shape index (κ2) is 3.00. The lowest BCUT2D eigenvalue weighted by Gasteiger charge is -2.02. The van der Waals surface area contributed by atoms with Gasteiger partial charge in [-0.1, -0.05) is 23.4 Å². The van der Waals surface area contributed by atoms with Crippen LogP contribution in [0, 0.1) is 18.3 Å². The SMILES string of the molecule is Cc1nc2c(C#N)nnn2c2ccccc12. The van der Waals surface area contributed by atoms with Gasteiger partial charge in [0.25, 0.3) is 0 Å². The van der Waals surface area contributed by atoms with Crippen molar-refractivity contribution in [3.63, 3.8) is 0 Å². The Labute approximate surface area is 90.9 Å². The second-order valence-electron chi connectivity index (χ2n) is 3.50. The molecular weight excluding hydrogens is 202 g/mol. The number of para-hydroxylation sites is 1. The van der Waals surface area contributed by atoms with Crippen LogP contribution < -0.4 is 0 Å². The predicted molar refractivity (Wildman–Crippen MR) is 57.7 cm³/mol. The lowest BCUT2D eigenvalue weighted by molar-refractivity contribution is 0.870. The van der Waals surface area contributed by atoms with Gasteiger partial charge in [0.05, 0.1) is 5.52 Å². The molecule has 0 spiro atoms. The maximum absolute atomic E-state index is 8.88. The van der Waals surface area contributed by atoms with E-state index in [1.54, 1.807) is 4.52 Å². The van der Waals surface area contributed by atoms with Gasteiger partial charge in [-0.15, -0.1) is 5.10 Å². The van der Waals surface area contributed by atoms with E-state index in [1.165, 1.54) is 0 Å². The summed E-state index contributed by atoms with van der Waals surface area (Å²) in [5.74, 6) is 0. The summed E-state index contributed by atoms with van der Waals surface area (Å²) in [5, 5.41) is 17.6. The van der Waals surface area contributed by atoms with Gasteiger partial charge in [-0.2, -0.15) is 9.78 Å². The van der Waals surface area contributed by atoms with Crippen molar-refractivity contribution in [3.05, 3.63) is 35.7 Å². The summed E-state index contributed by atoms with van der Waals surface area (Å²) in [6.07, 6.45) is 0. The first-order chi connectivity index (χ1) is 7.81. The van der Waals surface area contributed by atoms with E-state index >= 15 is 0 Å². The van der Waals surface area contributed by atoms with E-state index in [1.807, 2.05) is 37.3 Å². The largest absolute Gasteiger partial charge is 0.231 e. The summed E-state index contributed by atoms with van der Waals surface area (Å²) in [6, 6.07) is 9.77. The molecule has 0 saturated heterocycles. The van der Waals surface area contributed by atoms with Crippen LogP contribution in [0.5, 0.6) is 0 Å². The minimum Gasteiger partial charge on any atom is -0.231 e. The molecule has 0 aliphatic heterocycles. The molecule has 76 valence electrons. The Morgan fingerprint density at radius 1 is 1.31 bits per heavy atom. The van der Waals surface area contributed by atoms with Crippen molar-refractivity contribution in [2.24, 2.45) is 0 Å². The van der Waals surface area contributed by atoms with Gasteiger partial charge in [-0.05, 0) is 13.0 Å². The fraction of sp³-hybridized carbons (Fsp3) is 0.0909. The third-order valence-electron chi connectivity index (χ3n) is 2.55. The van der Waals surface area contributed by atoms with E-state index < -0.39 is 0 Å². The quantitative estimate of drug-likeness (QED) is 0.562. The molecule has 3 rings (SSSR count). The smallest absolute Gasteiger partial charge is 0.209 e. The van der Waals surface area contributed by atoms with Gasteiger partial charge < -0.3 is 0 Å². The lowest BCUT2D eigenvalue weighted by atomic mass is 10.2. The van der Waals surface area contributed by atoms with Crippen LogP contribution in [0.2, 0.25) is 0 Å². The topological polar surface area (TPSA) is 66.9 Å². The van der Waals surface area contributed by atoms with E-state index in [-0.39, 0.29) is 5.69 Å². The molecule has 0 bridgehead atoms. The number of nitriles is 1. The molecule has 16 heavy (non-hydrogen) atoms. The molecule has 0 radical (unpaired) electrons. The van der Waals surface area contributed by atoms with Gasteiger partial charge >= 0.3 is 0 Å². The molecule has 5 heteroatoms. The van der Waals surface area contributed by atoms with Crippen LogP contribution in [-0.2, 0) is 0 Å². The zero-order valence-electron chi connectivity index (χ0n) is 8.55. The van der Waals surface area contributed by atoms with Crippen molar-refractivity contribution in [2.45, 2.75) is 6.92 Å². The van der Waals surface area contributed by atoms with Gasteiger partial charge in [0.15, 0.2) is 5.65 Å². The summed E-state index contributed by atoms with van der Waals surface area (Å²) in [6.45, 7) is 1.91. The molecule has 2 aromatic heterocycles. The van der Waals surface area contributed by atoms with Crippen LogP contribution >= 0.6 is 0 Å². The second-order valence-corrected chi connectivity index (χ2v) is 3.50. The average molecular weight is 209 g/mol. The number of nitrogens with zero attached hydrogens (tertiary/aromatic N) is 5. The van der Waals surface area contributed by atoms with E-state index in [4.69, 9.17) is 5.26 Å². The Morgan fingerprint density at radius 3 is 2.94 bits per heavy atom. The number of aryl methyl sites for hydroxylation is 1. The van der Waals surface area contributed by atoms with E-state index in [9.17, 15) is 0 Å². The van der Waals surface area contributed by atoms with Crippen LogP contribution in [0.15, 0.2) is 24.3 Å². The van der Waals surface area contributed by atoms with E-state index in [0.717, 1.165) is 16.6 Å². The zero-order valence-corrected chi connectivity index (χ0v) is 8.55. The Morgan fingerprint density at radius 2 is 2.12 bits per heavy atom. The molecule has 5 nitrogen and oxygen atoms in total. The van der Waals surface area contributed by atoms with Crippen LogP contribution in [0.4, 0.5) is 0 Å². The van der Waals surface area contributed by atoms with Gasteiger partial charge in [0.2, 0.25) is 5.69 Å². The number of benzene rings is 1. The molecule has 0 saturated carbocycles. The molecule has 0 atom stereocenters. The fourth-order valence-corrected chi connectivity index (χ4v) is 1.80. The van der Waals surface area contributed by atoms with E-state index in [0.29, 0.717) is 5.65 Å². The Balaban J connectivity index is 2.61. The summed E-state index contributed by atoms with van der Waals surface area (Å²) in [4.78, 5) is 4.35. The Bertz CT molecular complexity index is 735. The van der Waals surface area contributed by atoms with Crippen molar-refractivity contribution >= 4 is 16.6 Å².